The number of hydrogen-bond acceptors (Lipinski definition) is 4. The van der Waals surface area contributed by atoms with Crippen LogP contribution in [0.4, 0.5) is 0 Å². The summed E-state index contributed by atoms with van der Waals surface area (Å²) in [5.74, 6) is 1.76. The highest BCUT2D eigenvalue weighted by Crippen LogP contribution is 2.91. The van der Waals surface area contributed by atoms with E-state index in [1.165, 1.54) is 6.42 Å². The van der Waals surface area contributed by atoms with Crippen LogP contribution in [0.5, 0.6) is 0 Å². The first-order valence-corrected chi connectivity index (χ1v) is 6.24. The van der Waals surface area contributed by atoms with Crippen molar-refractivity contribution in [1.82, 2.24) is 5.32 Å². The fourth-order valence-electron chi connectivity index (χ4n) is 2.70. The highest BCUT2D eigenvalue weighted by Gasteiger charge is 2.87. The molecule has 4 aliphatic rings. The fraction of sp³-hybridized carbons (Fsp3) is 0.455. The molecule has 2 fully saturated rings. The maximum absolute atomic E-state index is 8.73. The predicted octanol–water partition coefficient (Wildman–Crippen LogP) is 1.20. The molecule has 0 aromatic rings. The van der Waals surface area contributed by atoms with E-state index in [0.717, 1.165) is 22.8 Å². The summed E-state index contributed by atoms with van der Waals surface area (Å²) in [6.07, 6.45) is 1.31. The van der Waals surface area contributed by atoms with Gasteiger partial charge in [0.2, 0.25) is 0 Å². The second-order valence-electron chi connectivity index (χ2n) is 4.55. The van der Waals surface area contributed by atoms with E-state index in [4.69, 9.17) is 10.7 Å². The summed E-state index contributed by atoms with van der Waals surface area (Å²) in [4.78, 5) is 0. The lowest BCUT2D eigenvalue weighted by Gasteiger charge is -2.08. The van der Waals surface area contributed by atoms with Crippen molar-refractivity contribution in [2.75, 3.05) is 11.5 Å². The average molecular weight is 215 g/mol. The number of nitrogens with one attached hydrogen (secondary N) is 2. The Morgan fingerprint density at radius 2 is 2.40 bits per heavy atom. The molecule has 0 radical (unpaired) electrons. The lowest BCUT2D eigenvalue weighted by molar-refractivity contribution is 0.725. The van der Waals surface area contributed by atoms with Crippen LogP contribution in [0.15, 0.2) is 22.4 Å². The third-order valence-electron chi connectivity index (χ3n) is 3.90. The normalized spacial score (nSPS) is 38.2. The topological polar surface area (TPSA) is 59.7 Å². The van der Waals surface area contributed by atoms with Gasteiger partial charge in [0.1, 0.15) is 11.8 Å². The smallest absolute Gasteiger partial charge is 0.137 e. The van der Waals surface area contributed by atoms with Crippen molar-refractivity contribution in [2.45, 2.75) is 12.5 Å². The van der Waals surface area contributed by atoms with E-state index in [1.54, 1.807) is 22.9 Å². The maximum atomic E-state index is 8.73. The van der Waals surface area contributed by atoms with Crippen molar-refractivity contribution < 1.29 is 0 Å². The van der Waals surface area contributed by atoms with Crippen molar-refractivity contribution in [2.24, 2.45) is 5.41 Å². The van der Waals surface area contributed by atoms with Gasteiger partial charge in [-0.2, -0.15) is 17.0 Å². The lowest BCUT2D eigenvalue weighted by atomic mass is 10.1. The summed E-state index contributed by atoms with van der Waals surface area (Å²) in [6, 6.07) is 2.52. The standard InChI is InChI=1S/C11H9N3S/c12-2-7(13)5-3-15-4-8(5)14-10-9-6-1-11(6,9)10/h10,13-14H,1,3-4H2. The van der Waals surface area contributed by atoms with Gasteiger partial charge in [0, 0.05) is 28.2 Å². The number of rotatable bonds is 3. The molecule has 2 atom stereocenters. The van der Waals surface area contributed by atoms with Crippen LogP contribution in [0.1, 0.15) is 6.42 Å². The Hall–Kier alpha value is -1.21. The Morgan fingerprint density at radius 1 is 1.60 bits per heavy atom. The van der Waals surface area contributed by atoms with Crippen molar-refractivity contribution in [3.05, 3.63) is 22.4 Å². The van der Waals surface area contributed by atoms with Crippen LogP contribution in [0, 0.1) is 22.2 Å². The number of hydrogen-bond donors (Lipinski definition) is 2. The largest absolute Gasteiger partial charge is 0.380 e. The number of nitriles is 1. The third-order valence-corrected chi connectivity index (χ3v) is 4.89. The highest BCUT2D eigenvalue weighted by molar-refractivity contribution is 8.00. The van der Waals surface area contributed by atoms with Gasteiger partial charge in [-0.05, 0) is 12.0 Å². The molecule has 1 aliphatic heterocycles. The minimum atomic E-state index is 0.138. The molecule has 2 N–H and O–H groups in total. The van der Waals surface area contributed by atoms with Crippen molar-refractivity contribution in [1.29, 1.82) is 10.7 Å². The molecule has 0 aromatic heterocycles. The number of thioether (sulfide) groups is 1. The van der Waals surface area contributed by atoms with E-state index in [2.05, 4.69) is 5.32 Å². The van der Waals surface area contributed by atoms with Crippen LogP contribution >= 0.6 is 11.8 Å². The average Bonchev–Trinajstić information content (AvgIpc) is 3.12. The van der Waals surface area contributed by atoms with Gasteiger partial charge in [-0.3, -0.25) is 5.41 Å². The lowest BCUT2D eigenvalue weighted by Crippen LogP contribution is -2.22. The van der Waals surface area contributed by atoms with Gasteiger partial charge in [-0.1, -0.05) is 5.57 Å². The van der Waals surface area contributed by atoms with Gasteiger partial charge in [0.15, 0.2) is 0 Å². The zero-order valence-electron chi connectivity index (χ0n) is 8.05. The van der Waals surface area contributed by atoms with Gasteiger partial charge in [-0.25, -0.2) is 0 Å². The van der Waals surface area contributed by atoms with Crippen molar-refractivity contribution in [3.63, 3.8) is 0 Å². The minimum absolute atomic E-state index is 0.138. The molecule has 4 rings (SSSR count). The quantitative estimate of drug-likeness (QED) is 0.549. The van der Waals surface area contributed by atoms with Gasteiger partial charge in [0.05, 0.1) is 6.04 Å². The molecule has 0 bridgehead atoms. The maximum Gasteiger partial charge on any atom is 0.137 e. The number of nitrogens with zero attached hydrogens (tertiary/aromatic N) is 1. The first-order valence-electron chi connectivity index (χ1n) is 5.08. The van der Waals surface area contributed by atoms with Crippen molar-refractivity contribution >= 4 is 17.5 Å². The third kappa shape index (κ3) is 0.777. The van der Waals surface area contributed by atoms with Crippen LogP contribution < -0.4 is 5.32 Å². The zero-order chi connectivity index (χ0) is 10.2. The van der Waals surface area contributed by atoms with Gasteiger partial charge < -0.3 is 5.32 Å². The van der Waals surface area contributed by atoms with Crippen LogP contribution in [-0.4, -0.2) is 23.3 Å². The summed E-state index contributed by atoms with van der Waals surface area (Å²) in [5.41, 5.74) is 6.07. The van der Waals surface area contributed by atoms with E-state index in [0.29, 0.717) is 11.5 Å². The first kappa shape index (κ1) is 8.00. The molecule has 3 aliphatic carbocycles. The Kier molecular flexibility index (Phi) is 1.14. The molecule has 1 spiro atoms. The molecule has 74 valence electrons. The first-order chi connectivity index (χ1) is 7.29. The van der Waals surface area contributed by atoms with Crippen molar-refractivity contribution in [3.8, 4) is 6.07 Å². The van der Waals surface area contributed by atoms with Gasteiger partial charge in [-0.15, -0.1) is 0 Å². The van der Waals surface area contributed by atoms with E-state index >= 15 is 0 Å². The highest BCUT2D eigenvalue weighted by atomic mass is 32.2. The Morgan fingerprint density at radius 3 is 3.00 bits per heavy atom. The molecular formula is C11H9N3S. The molecule has 15 heavy (non-hydrogen) atoms. The second-order valence-corrected chi connectivity index (χ2v) is 5.54. The van der Waals surface area contributed by atoms with E-state index < -0.39 is 0 Å². The molecule has 0 aromatic carbocycles. The summed E-state index contributed by atoms with van der Waals surface area (Å²) in [5, 5.41) is 19.8. The predicted molar refractivity (Wildman–Crippen MR) is 58.7 cm³/mol. The molecule has 4 heteroatoms. The molecular weight excluding hydrogens is 206 g/mol. The molecule has 2 saturated carbocycles. The molecule has 2 unspecified atom stereocenters. The SMILES string of the molecule is N#CC(=N)C1=C(NC2C3=C4CC432)CSC1. The summed E-state index contributed by atoms with van der Waals surface area (Å²) >= 11 is 1.79. The molecule has 0 saturated heterocycles. The van der Waals surface area contributed by atoms with Gasteiger partial charge in [0.25, 0.3) is 0 Å². The van der Waals surface area contributed by atoms with Crippen LogP contribution in [0.25, 0.3) is 0 Å². The summed E-state index contributed by atoms with van der Waals surface area (Å²) in [7, 11) is 0. The molecule has 1 heterocycles. The Balaban J connectivity index is 1.56. The zero-order valence-corrected chi connectivity index (χ0v) is 8.87. The van der Waals surface area contributed by atoms with Crippen LogP contribution in [0.3, 0.4) is 0 Å². The summed E-state index contributed by atoms with van der Waals surface area (Å²) < 4.78 is 0. The fourth-order valence-corrected chi connectivity index (χ4v) is 3.79. The Bertz CT molecular complexity index is 522. The summed E-state index contributed by atoms with van der Waals surface area (Å²) in [6.45, 7) is 0. The van der Waals surface area contributed by atoms with E-state index in [9.17, 15) is 0 Å². The monoisotopic (exact) mass is 215 g/mol. The van der Waals surface area contributed by atoms with E-state index in [-0.39, 0.29) is 5.71 Å². The molecule has 0 amide bonds. The minimum Gasteiger partial charge on any atom is -0.380 e. The van der Waals surface area contributed by atoms with E-state index in [1.807, 2.05) is 6.07 Å². The molecule has 3 nitrogen and oxygen atoms in total. The Labute approximate surface area is 91.7 Å². The van der Waals surface area contributed by atoms with Gasteiger partial charge >= 0.3 is 0 Å². The second kappa shape index (κ2) is 2.14. The van der Waals surface area contributed by atoms with Crippen LogP contribution in [0.2, 0.25) is 0 Å². The van der Waals surface area contributed by atoms with Crippen LogP contribution in [-0.2, 0) is 0 Å².